The highest BCUT2D eigenvalue weighted by atomic mass is 32.2. The van der Waals surface area contributed by atoms with Crippen molar-refractivity contribution >= 4 is 16.1 Å². The number of benzene rings is 1. The number of carbonyl (C=O) groups excluding carboxylic acids is 1. The van der Waals surface area contributed by atoms with Gasteiger partial charge in [0.1, 0.15) is 5.92 Å². The maximum Gasteiger partial charge on any atom is 0.316 e. The predicted molar refractivity (Wildman–Crippen MR) is 101 cm³/mol. The molecule has 1 unspecified atom stereocenters. The Morgan fingerprint density at radius 3 is 2.46 bits per heavy atom. The van der Waals surface area contributed by atoms with Crippen LogP contribution in [0.15, 0.2) is 39.8 Å². The molecule has 8 nitrogen and oxygen atoms in total. The lowest BCUT2D eigenvalue weighted by Crippen LogP contribution is -2.19. The van der Waals surface area contributed by atoms with Crippen LogP contribution in [0.25, 0.3) is 0 Å². The second kappa shape index (κ2) is 9.70. The van der Waals surface area contributed by atoms with Crippen LogP contribution in [0.2, 0.25) is 0 Å². The Balaban J connectivity index is 1.82. The molecule has 0 amide bonds. The number of rotatable bonds is 10. The summed E-state index contributed by atoms with van der Waals surface area (Å²) in [6.07, 6.45) is 0.331. The summed E-state index contributed by atoms with van der Waals surface area (Å²) in [5, 5.41) is 3.77. The molecule has 1 heterocycles. The van der Waals surface area contributed by atoms with E-state index in [-0.39, 0.29) is 29.9 Å². The van der Waals surface area contributed by atoms with Gasteiger partial charge in [0.2, 0.25) is 0 Å². The van der Waals surface area contributed by atoms with Gasteiger partial charge >= 0.3 is 5.97 Å². The van der Waals surface area contributed by atoms with E-state index in [1.165, 1.54) is 25.3 Å². The first kappa shape index (κ1) is 21.9. The Bertz CT molecular complexity index is 872. The average Bonchev–Trinajstić information content (AvgIpc) is 3.09. The van der Waals surface area contributed by atoms with Gasteiger partial charge in [-0.15, -0.1) is 0 Å². The molecule has 0 bridgehead atoms. The van der Waals surface area contributed by atoms with Gasteiger partial charge in [0, 0.05) is 12.5 Å². The van der Waals surface area contributed by atoms with Crippen molar-refractivity contribution in [1.82, 2.24) is 5.16 Å². The number of ether oxygens (including phenoxy) is 2. The third-order valence-corrected chi connectivity index (χ3v) is 5.35. The number of aryl methyl sites for hydroxylation is 1. The van der Waals surface area contributed by atoms with Gasteiger partial charge < -0.3 is 14.0 Å². The third-order valence-electron chi connectivity index (χ3n) is 4.02. The summed E-state index contributed by atoms with van der Waals surface area (Å²) in [7, 11) is -2.48. The summed E-state index contributed by atoms with van der Waals surface area (Å²) in [6, 6.07) is 7.96. The maximum absolute atomic E-state index is 12.1. The molecular weight excluding hydrogens is 386 g/mol. The quantitative estimate of drug-likeness (QED) is 0.334. The summed E-state index contributed by atoms with van der Waals surface area (Å²) < 4.78 is 44.6. The van der Waals surface area contributed by atoms with Gasteiger partial charge in [0.25, 0.3) is 16.0 Å². The minimum absolute atomic E-state index is 0.0301. The molecule has 2 aromatic rings. The van der Waals surface area contributed by atoms with Crippen molar-refractivity contribution in [3.8, 4) is 5.88 Å². The first-order valence-corrected chi connectivity index (χ1v) is 10.3. The van der Waals surface area contributed by atoms with Crippen molar-refractivity contribution in [2.45, 2.75) is 38.0 Å². The molecule has 154 valence electrons. The Hall–Kier alpha value is -2.39. The number of methoxy groups -OCH3 is 1. The Kier molecular flexibility index (Phi) is 7.59. The average molecular weight is 411 g/mol. The summed E-state index contributed by atoms with van der Waals surface area (Å²) >= 11 is 0. The Morgan fingerprint density at radius 1 is 1.18 bits per heavy atom. The van der Waals surface area contributed by atoms with Crippen LogP contribution < -0.4 is 4.74 Å². The van der Waals surface area contributed by atoms with E-state index in [9.17, 15) is 13.2 Å². The summed E-state index contributed by atoms with van der Waals surface area (Å²) in [6.45, 7) is 5.77. The number of hydrogen-bond acceptors (Lipinski definition) is 8. The molecule has 2 rings (SSSR count). The summed E-state index contributed by atoms with van der Waals surface area (Å²) in [5.41, 5.74) is 0.964. The topological polar surface area (TPSA) is 105 Å². The van der Waals surface area contributed by atoms with Gasteiger partial charge in [-0.25, -0.2) is 0 Å². The first-order chi connectivity index (χ1) is 13.2. The molecule has 0 spiro atoms. The van der Waals surface area contributed by atoms with Crippen molar-refractivity contribution < 1.29 is 31.4 Å². The van der Waals surface area contributed by atoms with Crippen molar-refractivity contribution in [2.24, 2.45) is 5.92 Å². The molecule has 0 saturated carbocycles. The van der Waals surface area contributed by atoms with Crippen molar-refractivity contribution in [2.75, 3.05) is 20.3 Å². The van der Waals surface area contributed by atoms with E-state index in [0.717, 1.165) is 5.56 Å². The van der Waals surface area contributed by atoms with Crippen molar-refractivity contribution in [3.05, 3.63) is 41.7 Å². The van der Waals surface area contributed by atoms with Crippen LogP contribution in [-0.4, -0.2) is 39.9 Å². The lowest BCUT2D eigenvalue weighted by Gasteiger charge is -2.14. The molecule has 0 saturated heterocycles. The third kappa shape index (κ3) is 5.80. The molecule has 0 aliphatic heterocycles. The summed E-state index contributed by atoms with van der Waals surface area (Å²) in [4.78, 5) is 12.0. The van der Waals surface area contributed by atoms with Gasteiger partial charge in [0.05, 0.1) is 25.2 Å². The molecule has 9 heteroatoms. The zero-order valence-corrected chi connectivity index (χ0v) is 17.2. The minimum atomic E-state index is -3.79. The van der Waals surface area contributed by atoms with Gasteiger partial charge in [0.15, 0.2) is 5.76 Å². The van der Waals surface area contributed by atoms with Crippen LogP contribution in [0.4, 0.5) is 0 Å². The van der Waals surface area contributed by atoms with Gasteiger partial charge in [-0.2, -0.15) is 8.42 Å². The molecule has 1 aromatic heterocycles. The largest absolute Gasteiger partial charge is 0.475 e. The normalized spacial score (nSPS) is 12.8. The molecule has 0 aliphatic rings. The Morgan fingerprint density at radius 2 is 1.86 bits per heavy atom. The van der Waals surface area contributed by atoms with Crippen LogP contribution in [0, 0.1) is 12.8 Å². The SMILES string of the molecule is COC(=O)C(c1cc(OCCCOS(=O)(=O)c2ccc(C)cc2)no1)C(C)C. The molecule has 1 atom stereocenters. The van der Waals surface area contributed by atoms with E-state index in [1.807, 2.05) is 20.8 Å². The standard InChI is InChI=1S/C19H25NO7S/c1-13(2)18(19(21)24-4)16-12-17(20-27-16)25-10-5-11-26-28(22,23)15-8-6-14(3)7-9-15/h6-9,12-13,18H,5,10-11H2,1-4H3. The molecule has 0 N–H and O–H groups in total. The zero-order valence-electron chi connectivity index (χ0n) is 16.4. The van der Waals surface area contributed by atoms with E-state index >= 15 is 0 Å². The van der Waals surface area contributed by atoms with E-state index < -0.39 is 22.0 Å². The highest BCUT2D eigenvalue weighted by molar-refractivity contribution is 7.86. The molecule has 0 radical (unpaired) electrons. The first-order valence-electron chi connectivity index (χ1n) is 8.88. The molecular formula is C19H25NO7S. The van der Waals surface area contributed by atoms with Gasteiger partial charge in [-0.05, 0) is 30.1 Å². The van der Waals surface area contributed by atoms with Crippen LogP contribution in [0.5, 0.6) is 5.88 Å². The lowest BCUT2D eigenvalue weighted by molar-refractivity contribution is -0.144. The number of aromatic nitrogens is 1. The van der Waals surface area contributed by atoms with E-state index in [2.05, 4.69) is 5.16 Å². The summed E-state index contributed by atoms with van der Waals surface area (Å²) in [5.74, 6) is -0.445. The van der Waals surface area contributed by atoms with Crippen molar-refractivity contribution in [3.63, 3.8) is 0 Å². The second-order valence-electron chi connectivity index (χ2n) is 6.60. The lowest BCUT2D eigenvalue weighted by atomic mass is 9.93. The van der Waals surface area contributed by atoms with Gasteiger partial charge in [-0.3, -0.25) is 8.98 Å². The molecule has 0 aliphatic carbocycles. The smallest absolute Gasteiger partial charge is 0.316 e. The molecule has 1 aromatic carbocycles. The monoisotopic (exact) mass is 411 g/mol. The number of hydrogen-bond donors (Lipinski definition) is 0. The van der Waals surface area contributed by atoms with Gasteiger partial charge in [-0.1, -0.05) is 31.5 Å². The van der Waals surface area contributed by atoms with E-state index in [1.54, 1.807) is 12.1 Å². The van der Waals surface area contributed by atoms with Crippen LogP contribution >= 0.6 is 0 Å². The fourth-order valence-electron chi connectivity index (χ4n) is 2.51. The molecule has 0 fully saturated rings. The highest BCUT2D eigenvalue weighted by Gasteiger charge is 2.29. The Labute approximate surface area is 164 Å². The number of nitrogens with zero attached hydrogens (tertiary/aromatic N) is 1. The van der Waals surface area contributed by atoms with E-state index in [4.69, 9.17) is 18.2 Å². The number of carbonyl (C=O) groups is 1. The van der Waals surface area contributed by atoms with Crippen molar-refractivity contribution in [1.29, 1.82) is 0 Å². The number of esters is 1. The minimum Gasteiger partial charge on any atom is -0.475 e. The fraction of sp³-hybridized carbons (Fsp3) is 0.474. The predicted octanol–water partition coefficient (Wildman–Crippen LogP) is 3.07. The van der Waals surface area contributed by atoms with E-state index in [0.29, 0.717) is 12.2 Å². The zero-order chi connectivity index (χ0) is 20.7. The second-order valence-corrected chi connectivity index (χ2v) is 8.22. The fourth-order valence-corrected chi connectivity index (χ4v) is 3.45. The van der Waals surface area contributed by atoms with Crippen LogP contribution in [0.3, 0.4) is 0 Å². The molecule has 28 heavy (non-hydrogen) atoms. The van der Waals surface area contributed by atoms with Crippen LogP contribution in [-0.2, 0) is 23.8 Å². The maximum atomic E-state index is 12.1. The van der Waals surface area contributed by atoms with Crippen LogP contribution in [0.1, 0.15) is 37.5 Å². The highest BCUT2D eigenvalue weighted by Crippen LogP contribution is 2.28.